The molecule has 3 N–H and O–H groups in total. The topological polar surface area (TPSA) is 95.6 Å². The highest BCUT2D eigenvalue weighted by Crippen LogP contribution is 2.15. The van der Waals surface area contributed by atoms with Crippen molar-refractivity contribution in [1.29, 1.82) is 0 Å². The van der Waals surface area contributed by atoms with Crippen LogP contribution in [0.4, 0.5) is 0 Å². The number of hydrogen-bond donors (Lipinski definition) is 3. The van der Waals surface area contributed by atoms with E-state index in [1.54, 1.807) is 25.5 Å². The van der Waals surface area contributed by atoms with Crippen LogP contribution in [0.25, 0.3) is 10.9 Å². The predicted octanol–water partition coefficient (Wildman–Crippen LogP) is 1.99. The number of nitrogens with zero attached hydrogens (tertiary/aromatic N) is 1. The van der Waals surface area contributed by atoms with Crippen molar-refractivity contribution < 1.29 is 14.3 Å². The lowest BCUT2D eigenvalue weighted by atomic mass is 10.1. The fourth-order valence-corrected chi connectivity index (χ4v) is 2.58. The van der Waals surface area contributed by atoms with Crippen molar-refractivity contribution >= 4 is 28.9 Å². The van der Waals surface area contributed by atoms with Gasteiger partial charge < -0.3 is 15.0 Å². The van der Waals surface area contributed by atoms with Crippen molar-refractivity contribution in [3.05, 3.63) is 65.9 Å². The van der Waals surface area contributed by atoms with Crippen LogP contribution in [0.2, 0.25) is 0 Å². The molecule has 27 heavy (non-hydrogen) atoms. The lowest BCUT2D eigenvalue weighted by Crippen LogP contribution is -2.35. The minimum atomic E-state index is -0.394. The first-order valence-electron chi connectivity index (χ1n) is 8.43. The molecule has 0 radical (unpaired) electrons. The first-order valence-corrected chi connectivity index (χ1v) is 8.43. The number of ether oxygens (including phenoxy) is 1. The normalized spacial score (nSPS) is 10.9. The molecule has 1 aromatic heterocycles. The van der Waals surface area contributed by atoms with Gasteiger partial charge in [0.1, 0.15) is 5.75 Å². The number of hydrazone groups is 1. The number of hydrogen-bond acceptors (Lipinski definition) is 4. The molecular weight excluding hydrogens is 344 g/mol. The summed E-state index contributed by atoms with van der Waals surface area (Å²) >= 11 is 0. The fourth-order valence-electron chi connectivity index (χ4n) is 2.58. The van der Waals surface area contributed by atoms with Gasteiger partial charge in [-0.05, 0) is 23.8 Å². The Balaban J connectivity index is 1.44. The number of amides is 2. The molecule has 2 aromatic carbocycles. The molecule has 0 spiro atoms. The zero-order chi connectivity index (χ0) is 19.1. The van der Waals surface area contributed by atoms with Gasteiger partial charge in [0.15, 0.2) is 0 Å². The van der Waals surface area contributed by atoms with E-state index in [1.165, 1.54) is 0 Å². The second-order valence-corrected chi connectivity index (χ2v) is 5.88. The Bertz CT molecular complexity index is 961. The molecule has 7 nitrogen and oxygen atoms in total. The van der Waals surface area contributed by atoms with Gasteiger partial charge in [-0.3, -0.25) is 9.59 Å². The van der Waals surface area contributed by atoms with E-state index in [0.717, 1.165) is 27.8 Å². The quantitative estimate of drug-likeness (QED) is 0.442. The molecule has 0 atom stereocenters. The van der Waals surface area contributed by atoms with Crippen LogP contribution in [0.3, 0.4) is 0 Å². The number of benzene rings is 2. The standard InChI is InChI=1S/C20H20N4O3/c1-27-16-8-6-14(7-9-16)10-19(25)22-13-20(26)24-23-12-15-11-21-18-5-3-2-4-17(15)18/h2-9,11-12,21H,10,13H2,1H3,(H,22,25)(H,24,26)/b23-12-. The summed E-state index contributed by atoms with van der Waals surface area (Å²) in [6.45, 7) is -0.139. The summed E-state index contributed by atoms with van der Waals surface area (Å²) in [5.74, 6) is 0.0942. The lowest BCUT2D eigenvalue weighted by Gasteiger charge is -2.05. The van der Waals surface area contributed by atoms with Gasteiger partial charge in [0, 0.05) is 22.7 Å². The minimum absolute atomic E-state index is 0.139. The molecular formula is C20H20N4O3. The largest absolute Gasteiger partial charge is 0.497 e. The number of nitrogens with one attached hydrogen (secondary N) is 3. The molecule has 0 aliphatic carbocycles. The minimum Gasteiger partial charge on any atom is -0.497 e. The Hall–Kier alpha value is -3.61. The monoisotopic (exact) mass is 364 g/mol. The van der Waals surface area contributed by atoms with Crippen LogP contribution in [0.1, 0.15) is 11.1 Å². The first-order chi connectivity index (χ1) is 13.2. The summed E-state index contributed by atoms with van der Waals surface area (Å²) in [6.07, 6.45) is 3.57. The molecule has 0 bridgehead atoms. The Morgan fingerprint density at radius 3 is 2.67 bits per heavy atom. The first kappa shape index (κ1) is 18.2. The average molecular weight is 364 g/mol. The summed E-state index contributed by atoms with van der Waals surface area (Å²) in [5.41, 5.74) is 5.11. The molecule has 3 aromatic rings. The van der Waals surface area contributed by atoms with Gasteiger partial charge >= 0.3 is 0 Å². The van der Waals surface area contributed by atoms with E-state index in [0.29, 0.717) is 0 Å². The number of para-hydroxylation sites is 1. The fraction of sp³-hybridized carbons (Fsp3) is 0.150. The average Bonchev–Trinajstić information content (AvgIpc) is 3.10. The van der Waals surface area contributed by atoms with Gasteiger partial charge in [0.25, 0.3) is 5.91 Å². The number of carbonyl (C=O) groups excluding carboxylic acids is 2. The second kappa shape index (κ2) is 8.66. The van der Waals surface area contributed by atoms with Gasteiger partial charge in [-0.25, -0.2) is 5.43 Å². The van der Waals surface area contributed by atoms with Crippen LogP contribution >= 0.6 is 0 Å². The van der Waals surface area contributed by atoms with Gasteiger partial charge in [0.2, 0.25) is 5.91 Å². The van der Waals surface area contributed by atoms with Crippen molar-refractivity contribution in [1.82, 2.24) is 15.7 Å². The summed E-state index contributed by atoms with van der Waals surface area (Å²) in [4.78, 5) is 26.9. The predicted molar refractivity (Wildman–Crippen MR) is 104 cm³/mol. The van der Waals surface area contributed by atoms with E-state index < -0.39 is 5.91 Å². The van der Waals surface area contributed by atoms with E-state index >= 15 is 0 Å². The van der Waals surface area contributed by atoms with Crippen molar-refractivity contribution in [3.8, 4) is 5.75 Å². The van der Waals surface area contributed by atoms with Gasteiger partial charge in [-0.15, -0.1) is 0 Å². The molecule has 0 saturated heterocycles. The van der Waals surface area contributed by atoms with E-state index in [-0.39, 0.29) is 18.9 Å². The van der Waals surface area contributed by atoms with Crippen molar-refractivity contribution in [3.63, 3.8) is 0 Å². The van der Waals surface area contributed by atoms with Crippen LogP contribution in [0.15, 0.2) is 59.8 Å². The lowest BCUT2D eigenvalue weighted by molar-refractivity contribution is -0.125. The molecule has 7 heteroatoms. The highest BCUT2D eigenvalue weighted by Gasteiger charge is 2.06. The van der Waals surface area contributed by atoms with Crippen LogP contribution in [-0.4, -0.2) is 36.7 Å². The highest BCUT2D eigenvalue weighted by atomic mass is 16.5. The Morgan fingerprint density at radius 1 is 1.11 bits per heavy atom. The molecule has 0 unspecified atom stereocenters. The molecule has 1 heterocycles. The maximum atomic E-state index is 11.9. The number of aromatic nitrogens is 1. The Morgan fingerprint density at radius 2 is 1.89 bits per heavy atom. The highest BCUT2D eigenvalue weighted by molar-refractivity contribution is 5.99. The third-order valence-corrected chi connectivity index (χ3v) is 3.98. The van der Waals surface area contributed by atoms with Crippen molar-refractivity contribution in [2.24, 2.45) is 5.10 Å². The summed E-state index contributed by atoms with van der Waals surface area (Å²) in [5, 5.41) is 7.52. The third-order valence-electron chi connectivity index (χ3n) is 3.98. The maximum Gasteiger partial charge on any atom is 0.259 e. The zero-order valence-corrected chi connectivity index (χ0v) is 14.9. The Kier molecular flexibility index (Phi) is 5.84. The van der Waals surface area contributed by atoms with Gasteiger partial charge in [-0.2, -0.15) is 5.10 Å². The third kappa shape index (κ3) is 4.94. The van der Waals surface area contributed by atoms with Gasteiger partial charge in [-0.1, -0.05) is 30.3 Å². The summed E-state index contributed by atoms with van der Waals surface area (Å²) in [6, 6.07) is 15.0. The van der Waals surface area contributed by atoms with E-state index in [9.17, 15) is 9.59 Å². The molecule has 138 valence electrons. The zero-order valence-electron chi connectivity index (χ0n) is 14.9. The number of fused-ring (bicyclic) bond motifs is 1. The molecule has 3 rings (SSSR count). The van der Waals surface area contributed by atoms with E-state index in [2.05, 4.69) is 20.8 Å². The molecule has 0 aliphatic heterocycles. The van der Waals surface area contributed by atoms with Crippen LogP contribution < -0.4 is 15.5 Å². The maximum absolute atomic E-state index is 11.9. The summed E-state index contributed by atoms with van der Waals surface area (Å²) < 4.78 is 5.07. The molecule has 0 saturated carbocycles. The van der Waals surface area contributed by atoms with Gasteiger partial charge in [0.05, 0.1) is 26.3 Å². The van der Waals surface area contributed by atoms with E-state index in [4.69, 9.17) is 4.74 Å². The van der Waals surface area contributed by atoms with Crippen LogP contribution in [0, 0.1) is 0 Å². The Labute approximate surface area is 156 Å². The smallest absolute Gasteiger partial charge is 0.259 e. The van der Waals surface area contributed by atoms with E-state index in [1.807, 2.05) is 42.6 Å². The number of aromatic amines is 1. The molecule has 2 amide bonds. The summed E-state index contributed by atoms with van der Waals surface area (Å²) in [7, 11) is 1.58. The molecule has 0 aliphatic rings. The molecule has 0 fully saturated rings. The number of H-pyrrole nitrogens is 1. The van der Waals surface area contributed by atoms with Crippen molar-refractivity contribution in [2.75, 3.05) is 13.7 Å². The van der Waals surface area contributed by atoms with Crippen molar-refractivity contribution in [2.45, 2.75) is 6.42 Å². The number of methoxy groups -OCH3 is 1. The van der Waals surface area contributed by atoms with Crippen LogP contribution in [-0.2, 0) is 16.0 Å². The SMILES string of the molecule is COc1ccc(CC(=O)NCC(=O)N/N=C\c2c[nH]c3ccccc23)cc1. The number of rotatable bonds is 7. The number of carbonyl (C=O) groups is 2. The second-order valence-electron chi connectivity index (χ2n) is 5.88. The van der Waals surface area contributed by atoms with Crippen LogP contribution in [0.5, 0.6) is 5.75 Å².